The Morgan fingerprint density at radius 2 is 1.83 bits per heavy atom. The Bertz CT molecular complexity index is 1000. The number of amides is 1. The third kappa shape index (κ3) is 5.07. The second-order valence-corrected chi connectivity index (χ2v) is 7.16. The van der Waals surface area contributed by atoms with Crippen molar-refractivity contribution in [2.75, 3.05) is 27.3 Å². The first kappa shape index (κ1) is 21.6. The van der Waals surface area contributed by atoms with E-state index in [1.165, 1.54) is 11.5 Å². The van der Waals surface area contributed by atoms with Crippen LogP contribution in [0.2, 0.25) is 0 Å². The van der Waals surface area contributed by atoms with Crippen LogP contribution in [0.4, 0.5) is 0 Å². The Kier molecular flexibility index (Phi) is 7.24. The lowest BCUT2D eigenvalue weighted by atomic mass is 10.1. The predicted molar refractivity (Wildman–Crippen MR) is 116 cm³/mol. The highest BCUT2D eigenvalue weighted by molar-refractivity contribution is 7.07. The molecule has 1 heterocycles. The normalized spacial score (nSPS) is 10.5. The molecule has 7 nitrogen and oxygen atoms in total. The van der Waals surface area contributed by atoms with E-state index in [1.807, 2.05) is 38.1 Å². The topological polar surface area (TPSA) is 73.8 Å². The van der Waals surface area contributed by atoms with E-state index in [0.717, 1.165) is 11.3 Å². The van der Waals surface area contributed by atoms with Crippen LogP contribution in [0.5, 0.6) is 22.4 Å². The number of rotatable bonds is 9. The zero-order chi connectivity index (χ0) is 21.5. The average molecular weight is 428 g/mol. The summed E-state index contributed by atoms with van der Waals surface area (Å²) in [6.45, 7) is 5.21. The summed E-state index contributed by atoms with van der Waals surface area (Å²) in [5, 5.41) is 0.411. The minimum atomic E-state index is -0.0404. The lowest BCUT2D eigenvalue weighted by Gasteiger charge is -2.19. The van der Waals surface area contributed by atoms with Gasteiger partial charge in [-0.2, -0.15) is 9.36 Å². The smallest absolute Gasteiger partial charge is 0.298 e. The highest BCUT2D eigenvalue weighted by atomic mass is 32.1. The van der Waals surface area contributed by atoms with Gasteiger partial charge in [-0.1, -0.05) is 12.1 Å². The molecule has 0 fully saturated rings. The van der Waals surface area contributed by atoms with E-state index >= 15 is 0 Å². The third-order valence-electron chi connectivity index (χ3n) is 4.60. The van der Waals surface area contributed by atoms with Crippen molar-refractivity contribution < 1.29 is 19.0 Å². The molecule has 0 aliphatic carbocycles. The number of hydrogen-bond acceptors (Lipinski definition) is 7. The Morgan fingerprint density at radius 1 is 1.03 bits per heavy atom. The molecule has 0 saturated carbocycles. The van der Waals surface area contributed by atoms with Gasteiger partial charge in [0, 0.05) is 36.6 Å². The molecule has 30 heavy (non-hydrogen) atoms. The van der Waals surface area contributed by atoms with Crippen molar-refractivity contribution in [1.29, 1.82) is 0 Å². The summed E-state index contributed by atoms with van der Waals surface area (Å²) >= 11 is 1.17. The molecule has 0 bridgehead atoms. The number of methoxy groups -OCH3 is 2. The molecule has 0 N–H and O–H groups in total. The molecular weight excluding hydrogens is 402 g/mol. The Hall–Kier alpha value is -3.13. The molecule has 8 heteroatoms. The Labute approximate surface area is 180 Å². The molecule has 0 atom stereocenters. The van der Waals surface area contributed by atoms with Crippen LogP contribution in [-0.2, 0) is 6.42 Å². The number of nitrogens with zero attached hydrogens (tertiary/aromatic N) is 3. The summed E-state index contributed by atoms with van der Waals surface area (Å²) in [6, 6.07) is 12.9. The number of carbonyl (C=O) groups excluding carboxylic acids is 1. The van der Waals surface area contributed by atoms with Crippen LogP contribution in [0, 0.1) is 0 Å². The maximum absolute atomic E-state index is 12.6. The van der Waals surface area contributed by atoms with Gasteiger partial charge in [-0.15, -0.1) is 0 Å². The van der Waals surface area contributed by atoms with E-state index in [0.29, 0.717) is 47.6 Å². The minimum absolute atomic E-state index is 0.0404. The van der Waals surface area contributed by atoms with Crippen molar-refractivity contribution in [2.24, 2.45) is 0 Å². The van der Waals surface area contributed by atoms with Gasteiger partial charge >= 0.3 is 0 Å². The van der Waals surface area contributed by atoms with Crippen molar-refractivity contribution in [3.05, 3.63) is 59.4 Å². The van der Waals surface area contributed by atoms with E-state index < -0.39 is 0 Å². The van der Waals surface area contributed by atoms with Crippen LogP contribution in [-0.4, -0.2) is 47.5 Å². The van der Waals surface area contributed by atoms with E-state index in [1.54, 1.807) is 37.3 Å². The molecule has 0 unspecified atom stereocenters. The van der Waals surface area contributed by atoms with Gasteiger partial charge in [0.2, 0.25) is 0 Å². The first-order valence-electron chi connectivity index (χ1n) is 9.68. The van der Waals surface area contributed by atoms with E-state index in [4.69, 9.17) is 14.2 Å². The zero-order valence-electron chi connectivity index (χ0n) is 17.5. The molecule has 0 aliphatic heterocycles. The summed E-state index contributed by atoms with van der Waals surface area (Å²) in [4.78, 5) is 18.8. The molecular formula is C22H25N3O4S. The predicted octanol–water partition coefficient (Wildman–Crippen LogP) is 4.42. The minimum Gasteiger partial charge on any atom is -0.497 e. The van der Waals surface area contributed by atoms with Gasteiger partial charge in [0.05, 0.1) is 14.2 Å². The quantitative estimate of drug-likeness (QED) is 0.503. The molecule has 0 spiro atoms. The first-order valence-corrected chi connectivity index (χ1v) is 10.5. The molecule has 0 saturated heterocycles. The summed E-state index contributed by atoms with van der Waals surface area (Å²) in [7, 11) is 3.18. The molecule has 1 amide bonds. The Balaban J connectivity index is 1.74. The van der Waals surface area contributed by atoms with Crippen molar-refractivity contribution in [1.82, 2.24) is 14.3 Å². The summed E-state index contributed by atoms with van der Waals surface area (Å²) in [6.07, 6.45) is 0.575. The van der Waals surface area contributed by atoms with Gasteiger partial charge in [0.25, 0.3) is 11.1 Å². The number of hydrogen-bond donors (Lipinski definition) is 0. The standard InChI is InChI=1S/C22H25N3O4S/c1-5-25(6-2)21(26)16-10-11-18(19(14-16)28-4)29-22-23-20(24-30-22)13-15-8-7-9-17(12-15)27-3/h7-12,14H,5-6,13H2,1-4H3. The lowest BCUT2D eigenvalue weighted by Crippen LogP contribution is -2.30. The number of ether oxygens (including phenoxy) is 3. The van der Waals surface area contributed by atoms with E-state index in [2.05, 4.69) is 9.36 Å². The largest absolute Gasteiger partial charge is 0.497 e. The van der Waals surface area contributed by atoms with Crippen molar-refractivity contribution in [3.63, 3.8) is 0 Å². The SMILES string of the molecule is CCN(CC)C(=O)c1ccc(Oc2nc(Cc3cccc(OC)c3)ns2)c(OC)c1. The zero-order valence-corrected chi connectivity index (χ0v) is 18.4. The van der Waals surface area contributed by atoms with Crippen molar-refractivity contribution in [3.8, 4) is 22.4 Å². The average Bonchev–Trinajstić information content (AvgIpc) is 3.21. The lowest BCUT2D eigenvalue weighted by molar-refractivity contribution is 0.0772. The van der Waals surface area contributed by atoms with Crippen LogP contribution >= 0.6 is 11.5 Å². The van der Waals surface area contributed by atoms with Crippen molar-refractivity contribution in [2.45, 2.75) is 20.3 Å². The molecule has 3 rings (SSSR count). The maximum Gasteiger partial charge on any atom is 0.298 e. The number of benzene rings is 2. The number of aromatic nitrogens is 2. The van der Waals surface area contributed by atoms with Gasteiger partial charge in [-0.05, 0) is 49.7 Å². The van der Waals surface area contributed by atoms with Crippen LogP contribution < -0.4 is 14.2 Å². The fourth-order valence-corrected chi connectivity index (χ4v) is 3.55. The van der Waals surface area contributed by atoms with Crippen LogP contribution in [0.3, 0.4) is 0 Å². The van der Waals surface area contributed by atoms with Gasteiger partial charge in [0.15, 0.2) is 17.3 Å². The molecule has 158 valence electrons. The summed E-state index contributed by atoms with van der Waals surface area (Å²) in [5.74, 6) is 2.37. The molecule has 1 aromatic heterocycles. The molecule has 2 aromatic carbocycles. The van der Waals surface area contributed by atoms with Crippen LogP contribution in [0.1, 0.15) is 35.6 Å². The third-order valence-corrected chi connectivity index (χ3v) is 5.24. The number of carbonyl (C=O) groups is 1. The molecule has 0 radical (unpaired) electrons. The van der Waals surface area contributed by atoms with Crippen LogP contribution in [0.25, 0.3) is 0 Å². The van der Waals surface area contributed by atoms with E-state index in [-0.39, 0.29) is 5.91 Å². The molecule has 3 aromatic rings. The fraction of sp³-hybridized carbons (Fsp3) is 0.318. The highest BCUT2D eigenvalue weighted by Crippen LogP contribution is 2.33. The summed E-state index contributed by atoms with van der Waals surface area (Å²) < 4.78 is 20.9. The second kappa shape index (κ2) is 10.1. The monoisotopic (exact) mass is 427 g/mol. The van der Waals surface area contributed by atoms with Crippen molar-refractivity contribution >= 4 is 17.4 Å². The summed E-state index contributed by atoms with van der Waals surface area (Å²) in [5.41, 5.74) is 1.61. The van der Waals surface area contributed by atoms with Gasteiger partial charge in [0.1, 0.15) is 5.75 Å². The maximum atomic E-state index is 12.6. The Morgan fingerprint density at radius 3 is 2.53 bits per heavy atom. The second-order valence-electron chi connectivity index (χ2n) is 6.45. The van der Waals surface area contributed by atoms with Gasteiger partial charge in [-0.3, -0.25) is 4.79 Å². The fourth-order valence-electron chi connectivity index (χ4n) is 2.99. The highest BCUT2D eigenvalue weighted by Gasteiger charge is 2.17. The van der Waals surface area contributed by atoms with E-state index in [9.17, 15) is 4.79 Å². The van der Waals surface area contributed by atoms with Crippen LogP contribution in [0.15, 0.2) is 42.5 Å². The first-order chi connectivity index (χ1) is 14.6. The molecule has 0 aliphatic rings. The van der Waals surface area contributed by atoms with Gasteiger partial charge in [-0.25, -0.2) is 0 Å². The van der Waals surface area contributed by atoms with Gasteiger partial charge < -0.3 is 19.1 Å².